The van der Waals surface area contributed by atoms with Gasteiger partial charge in [0.1, 0.15) is 0 Å². The van der Waals surface area contributed by atoms with Gasteiger partial charge in [-0.25, -0.2) is 5.84 Å². The fraction of sp³-hybridized carbons (Fsp3) is 0.750. The summed E-state index contributed by atoms with van der Waals surface area (Å²) in [6.07, 6.45) is 1.94. The molecule has 0 aliphatic carbocycles. The highest BCUT2D eigenvalue weighted by atomic mass is 32.2. The third kappa shape index (κ3) is 2.18. The Bertz CT molecular complexity index is 89.3. The molecule has 0 saturated heterocycles. The molecule has 0 aromatic rings. The van der Waals surface area contributed by atoms with Gasteiger partial charge in [-0.3, -0.25) is 10.0 Å². The van der Waals surface area contributed by atoms with Crippen molar-refractivity contribution in [3.8, 4) is 0 Å². The molecule has 0 radical (unpaired) electrons. The first-order valence-electron chi connectivity index (χ1n) is 2.21. The normalized spacial score (nSPS) is 11.8. The number of rotatable bonds is 0. The van der Waals surface area contributed by atoms with Gasteiger partial charge in [0.25, 0.3) is 0 Å². The van der Waals surface area contributed by atoms with Crippen LogP contribution in [-0.4, -0.2) is 30.5 Å². The lowest BCUT2D eigenvalue weighted by Gasteiger charge is -2.10. The van der Waals surface area contributed by atoms with Crippen molar-refractivity contribution in [2.75, 3.05) is 20.4 Å². The van der Waals surface area contributed by atoms with Crippen LogP contribution >= 0.6 is 11.8 Å². The second-order valence-electron chi connectivity index (χ2n) is 1.32. The molecule has 0 unspecified atom stereocenters. The fourth-order valence-electron chi connectivity index (χ4n) is 0.393. The first-order chi connectivity index (χ1) is 3.72. The summed E-state index contributed by atoms with van der Waals surface area (Å²) in [6.45, 7) is 0. The van der Waals surface area contributed by atoms with Crippen molar-refractivity contribution in [2.45, 2.75) is 0 Å². The van der Waals surface area contributed by atoms with Gasteiger partial charge in [0, 0.05) is 14.1 Å². The van der Waals surface area contributed by atoms with E-state index in [1.165, 1.54) is 16.8 Å². The van der Waals surface area contributed by atoms with E-state index in [1.54, 1.807) is 14.1 Å². The number of amidine groups is 1. The molecular formula is C4H11N3S. The molecule has 0 atom stereocenters. The number of nitrogens with two attached hydrogens (primary N) is 1. The number of hydrazine groups is 1. The van der Waals surface area contributed by atoms with Gasteiger partial charge < -0.3 is 0 Å². The number of aliphatic imine (C=N–C) groups is 1. The molecule has 48 valence electrons. The first kappa shape index (κ1) is 7.78. The number of hydrogen-bond donors (Lipinski definition) is 1. The second kappa shape index (κ2) is 3.74. The zero-order chi connectivity index (χ0) is 6.57. The summed E-state index contributed by atoms with van der Waals surface area (Å²) in [6, 6.07) is 0. The van der Waals surface area contributed by atoms with Crippen LogP contribution < -0.4 is 5.84 Å². The maximum Gasteiger partial charge on any atom is 0.172 e. The van der Waals surface area contributed by atoms with E-state index in [0.29, 0.717) is 0 Å². The van der Waals surface area contributed by atoms with Crippen LogP contribution in [0, 0.1) is 0 Å². The molecule has 0 saturated carbocycles. The molecule has 2 N–H and O–H groups in total. The van der Waals surface area contributed by atoms with Crippen molar-refractivity contribution in [1.29, 1.82) is 0 Å². The molecule has 0 heterocycles. The summed E-state index contributed by atoms with van der Waals surface area (Å²) in [4.78, 5) is 3.89. The Morgan fingerprint density at radius 1 is 1.75 bits per heavy atom. The second-order valence-corrected chi connectivity index (χ2v) is 2.09. The maximum absolute atomic E-state index is 5.34. The van der Waals surface area contributed by atoms with E-state index in [4.69, 9.17) is 5.84 Å². The molecule has 3 nitrogen and oxygen atoms in total. The number of hydrogen-bond acceptors (Lipinski definition) is 3. The standard InChI is InChI=1S/C4H11N3S/c1-6-4(8-3)7(2)5/h5H2,1-3H3. The molecule has 0 spiro atoms. The SMILES string of the molecule is CN=C(SC)N(C)N. The van der Waals surface area contributed by atoms with Crippen LogP contribution in [0.1, 0.15) is 0 Å². The van der Waals surface area contributed by atoms with E-state index in [9.17, 15) is 0 Å². The fourth-order valence-corrected chi connectivity index (χ4v) is 0.864. The smallest absolute Gasteiger partial charge is 0.172 e. The van der Waals surface area contributed by atoms with Gasteiger partial charge in [0.2, 0.25) is 0 Å². The molecule has 0 aromatic heterocycles. The van der Waals surface area contributed by atoms with Gasteiger partial charge in [0.15, 0.2) is 5.17 Å². The third-order valence-corrected chi connectivity index (χ3v) is 1.51. The van der Waals surface area contributed by atoms with E-state index in [0.717, 1.165) is 5.17 Å². The van der Waals surface area contributed by atoms with Crippen molar-refractivity contribution in [3.63, 3.8) is 0 Å². The summed E-state index contributed by atoms with van der Waals surface area (Å²) in [5, 5.41) is 2.33. The van der Waals surface area contributed by atoms with Crippen LogP contribution in [-0.2, 0) is 0 Å². The Morgan fingerprint density at radius 3 is 2.25 bits per heavy atom. The van der Waals surface area contributed by atoms with Gasteiger partial charge in [-0.05, 0) is 6.26 Å². The van der Waals surface area contributed by atoms with Gasteiger partial charge in [-0.15, -0.1) is 0 Å². The lowest BCUT2D eigenvalue weighted by Crippen LogP contribution is -2.30. The lowest BCUT2D eigenvalue weighted by molar-refractivity contribution is 0.549. The number of nitrogens with zero attached hydrogens (tertiary/aromatic N) is 2. The minimum absolute atomic E-state index is 0.838. The highest BCUT2D eigenvalue weighted by molar-refractivity contribution is 8.13. The molecule has 0 aromatic carbocycles. The minimum atomic E-state index is 0.838. The largest absolute Gasteiger partial charge is 0.293 e. The van der Waals surface area contributed by atoms with Crippen LogP contribution in [0.25, 0.3) is 0 Å². The average molecular weight is 133 g/mol. The topological polar surface area (TPSA) is 41.6 Å². The monoisotopic (exact) mass is 133 g/mol. The Hall–Kier alpha value is -0.220. The minimum Gasteiger partial charge on any atom is -0.293 e. The molecule has 0 aliphatic heterocycles. The summed E-state index contributed by atoms with van der Waals surface area (Å²) >= 11 is 1.53. The van der Waals surface area contributed by atoms with Crippen molar-refractivity contribution >= 4 is 16.9 Å². The van der Waals surface area contributed by atoms with Crippen LogP contribution in [0.2, 0.25) is 0 Å². The summed E-state index contributed by atoms with van der Waals surface area (Å²) in [5.41, 5.74) is 0. The average Bonchev–Trinajstić information content (AvgIpc) is 1.69. The molecule has 0 amide bonds. The van der Waals surface area contributed by atoms with Crippen LogP contribution in [0.4, 0.5) is 0 Å². The predicted octanol–water partition coefficient (Wildman–Crippen LogP) is 0.141. The van der Waals surface area contributed by atoms with E-state index in [-0.39, 0.29) is 0 Å². The molecule has 8 heavy (non-hydrogen) atoms. The Labute approximate surface area is 53.9 Å². The van der Waals surface area contributed by atoms with E-state index >= 15 is 0 Å². The van der Waals surface area contributed by atoms with Crippen molar-refractivity contribution in [3.05, 3.63) is 0 Å². The quantitative estimate of drug-likeness (QED) is 0.221. The maximum atomic E-state index is 5.34. The molecule has 0 rings (SSSR count). The van der Waals surface area contributed by atoms with E-state index in [1.807, 2.05) is 6.26 Å². The summed E-state index contributed by atoms with van der Waals surface area (Å²) in [7, 11) is 3.48. The van der Waals surface area contributed by atoms with Crippen molar-refractivity contribution < 1.29 is 0 Å². The van der Waals surface area contributed by atoms with E-state index < -0.39 is 0 Å². The Morgan fingerprint density at radius 2 is 2.25 bits per heavy atom. The van der Waals surface area contributed by atoms with Gasteiger partial charge >= 0.3 is 0 Å². The van der Waals surface area contributed by atoms with Gasteiger partial charge in [-0.2, -0.15) is 0 Å². The molecule has 0 aliphatic rings. The highest BCUT2D eigenvalue weighted by Gasteiger charge is 1.94. The molecule has 0 fully saturated rings. The zero-order valence-corrected chi connectivity index (χ0v) is 6.20. The van der Waals surface area contributed by atoms with Gasteiger partial charge in [0.05, 0.1) is 0 Å². The van der Waals surface area contributed by atoms with Crippen LogP contribution in [0.3, 0.4) is 0 Å². The van der Waals surface area contributed by atoms with Crippen LogP contribution in [0.5, 0.6) is 0 Å². The summed E-state index contributed by atoms with van der Waals surface area (Å²) < 4.78 is 0. The number of thioether (sulfide) groups is 1. The zero-order valence-electron chi connectivity index (χ0n) is 5.38. The van der Waals surface area contributed by atoms with Crippen molar-refractivity contribution in [2.24, 2.45) is 10.8 Å². The lowest BCUT2D eigenvalue weighted by atomic mass is 11.1. The van der Waals surface area contributed by atoms with Crippen LogP contribution in [0.15, 0.2) is 4.99 Å². The first-order valence-corrected chi connectivity index (χ1v) is 3.44. The van der Waals surface area contributed by atoms with Gasteiger partial charge in [-0.1, -0.05) is 11.8 Å². The molecule has 4 heteroatoms. The predicted molar refractivity (Wildman–Crippen MR) is 38.8 cm³/mol. The third-order valence-electron chi connectivity index (χ3n) is 0.676. The summed E-state index contributed by atoms with van der Waals surface area (Å²) in [5.74, 6) is 5.34. The molecular weight excluding hydrogens is 122 g/mol. The van der Waals surface area contributed by atoms with Crippen molar-refractivity contribution in [1.82, 2.24) is 5.01 Å². The highest BCUT2D eigenvalue weighted by Crippen LogP contribution is 1.96. The Kier molecular flexibility index (Phi) is 3.64. The Balaban J connectivity index is 3.72. The van der Waals surface area contributed by atoms with E-state index in [2.05, 4.69) is 4.99 Å². The molecule has 0 bridgehead atoms.